The molecular formula is C9H12N2O4S. The van der Waals surface area contributed by atoms with E-state index in [0.717, 1.165) is 0 Å². The van der Waals surface area contributed by atoms with Gasteiger partial charge in [0.15, 0.2) is 0 Å². The van der Waals surface area contributed by atoms with E-state index in [-0.39, 0.29) is 16.1 Å². The molecule has 6 nitrogen and oxygen atoms in total. The minimum Gasteiger partial charge on any atom is -0.465 e. The molecule has 0 atom stereocenters. The first-order valence-electron chi connectivity index (χ1n) is 4.33. The largest absolute Gasteiger partial charge is 0.465 e. The van der Waals surface area contributed by atoms with E-state index in [1.807, 2.05) is 0 Å². The first-order valence-corrected chi connectivity index (χ1v) is 5.82. The third-order valence-corrected chi connectivity index (χ3v) is 3.44. The average Bonchev–Trinajstić information content (AvgIpc) is 2.27. The van der Waals surface area contributed by atoms with Crippen LogP contribution in [0.4, 0.5) is 5.69 Å². The van der Waals surface area contributed by atoms with Crippen molar-refractivity contribution in [1.29, 1.82) is 0 Å². The predicted octanol–water partition coefficient (Wildman–Crippen LogP) is -0.0365. The van der Waals surface area contributed by atoms with Gasteiger partial charge < -0.3 is 10.5 Å². The number of carbonyl (C=O) groups excluding carboxylic acids is 1. The number of ether oxygens (including phenoxy) is 1. The second-order valence-electron chi connectivity index (χ2n) is 2.95. The smallest absolute Gasteiger partial charge is 0.339 e. The zero-order chi connectivity index (χ0) is 12.3. The number of rotatable bonds is 3. The number of sulfonamides is 1. The lowest BCUT2D eigenvalue weighted by Crippen LogP contribution is -2.22. The van der Waals surface area contributed by atoms with Gasteiger partial charge in [0.05, 0.1) is 17.6 Å². The summed E-state index contributed by atoms with van der Waals surface area (Å²) in [5.41, 5.74) is 5.68. The van der Waals surface area contributed by atoms with Gasteiger partial charge in [0.2, 0.25) is 10.0 Å². The summed E-state index contributed by atoms with van der Waals surface area (Å²) in [4.78, 5) is 11.2. The molecule has 0 aliphatic heterocycles. The number of hydrogen-bond donors (Lipinski definition) is 2. The molecule has 1 aromatic carbocycles. The molecule has 1 rings (SSSR count). The van der Waals surface area contributed by atoms with Crippen LogP contribution in [0.5, 0.6) is 0 Å². The summed E-state index contributed by atoms with van der Waals surface area (Å²) in [6, 6.07) is 3.92. The highest BCUT2D eigenvalue weighted by Gasteiger charge is 2.21. The van der Waals surface area contributed by atoms with Gasteiger partial charge in [-0.25, -0.2) is 17.9 Å². The molecule has 0 spiro atoms. The van der Waals surface area contributed by atoms with E-state index in [0.29, 0.717) is 0 Å². The molecule has 0 saturated heterocycles. The highest BCUT2D eigenvalue weighted by Crippen LogP contribution is 2.19. The Hall–Kier alpha value is -1.60. The van der Waals surface area contributed by atoms with Crippen molar-refractivity contribution in [2.45, 2.75) is 4.90 Å². The number of carbonyl (C=O) groups is 1. The van der Waals surface area contributed by atoms with Crippen molar-refractivity contribution in [2.24, 2.45) is 0 Å². The van der Waals surface area contributed by atoms with Crippen LogP contribution in [0, 0.1) is 0 Å². The van der Waals surface area contributed by atoms with Gasteiger partial charge in [-0.3, -0.25) is 0 Å². The number of anilines is 1. The van der Waals surface area contributed by atoms with E-state index in [9.17, 15) is 13.2 Å². The van der Waals surface area contributed by atoms with Gasteiger partial charge >= 0.3 is 5.97 Å². The van der Waals surface area contributed by atoms with Crippen LogP contribution < -0.4 is 10.5 Å². The third kappa shape index (κ3) is 2.31. The van der Waals surface area contributed by atoms with Crippen molar-refractivity contribution in [1.82, 2.24) is 4.72 Å². The summed E-state index contributed by atoms with van der Waals surface area (Å²) in [5.74, 6) is -0.749. The number of methoxy groups -OCH3 is 1. The topological polar surface area (TPSA) is 98.5 Å². The van der Waals surface area contributed by atoms with Crippen molar-refractivity contribution in [3.8, 4) is 0 Å². The quantitative estimate of drug-likeness (QED) is 0.574. The number of esters is 1. The van der Waals surface area contributed by atoms with Crippen LogP contribution in [0.15, 0.2) is 23.1 Å². The van der Waals surface area contributed by atoms with Gasteiger partial charge in [0.25, 0.3) is 0 Å². The van der Waals surface area contributed by atoms with Crippen molar-refractivity contribution < 1.29 is 17.9 Å². The van der Waals surface area contributed by atoms with Crippen molar-refractivity contribution >= 4 is 21.7 Å². The molecule has 0 saturated carbocycles. The van der Waals surface area contributed by atoms with Gasteiger partial charge in [0.1, 0.15) is 0 Å². The van der Waals surface area contributed by atoms with Crippen LogP contribution in [-0.2, 0) is 14.8 Å². The van der Waals surface area contributed by atoms with Gasteiger partial charge in [-0.2, -0.15) is 0 Å². The fraction of sp³-hybridized carbons (Fsp3) is 0.222. The second kappa shape index (κ2) is 4.50. The summed E-state index contributed by atoms with van der Waals surface area (Å²) in [5, 5.41) is 0. The van der Waals surface area contributed by atoms with Crippen molar-refractivity contribution in [2.75, 3.05) is 19.9 Å². The van der Waals surface area contributed by atoms with Gasteiger partial charge in [-0.15, -0.1) is 0 Å². The molecule has 1 aromatic rings. The highest BCUT2D eigenvalue weighted by atomic mass is 32.2. The lowest BCUT2D eigenvalue weighted by atomic mass is 10.2. The Morgan fingerprint density at radius 2 is 2.06 bits per heavy atom. The monoisotopic (exact) mass is 244 g/mol. The summed E-state index contributed by atoms with van der Waals surface area (Å²) >= 11 is 0. The van der Waals surface area contributed by atoms with Gasteiger partial charge in [0, 0.05) is 5.69 Å². The summed E-state index contributed by atoms with van der Waals surface area (Å²) in [6.07, 6.45) is 0. The number of nitrogens with one attached hydrogen (secondary N) is 1. The number of hydrogen-bond acceptors (Lipinski definition) is 5. The minimum absolute atomic E-state index is 0.0862. The Balaban J connectivity index is 3.46. The Morgan fingerprint density at radius 1 is 1.44 bits per heavy atom. The zero-order valence-electron chi connectivity index (χ0n) is 8.85. The van der Waals surface area contributed by atoms with Gasteiger partial charge in [-0.1, -0.05) is 0 Å². The first-order chi connectivity index (χ1) is 7.42. The maximum absolute atomic E-state index is 11.6. The molecule has 0 radical (unpaired) electrons. The van der Waals surface area contributed by atoms with Crippen molar-refractivity contribution in [3.63, 3.8) is 0 Å². The highest BCUT2D eigenvalue weighted by molar-refractivity contribution is 7.89. The van der Waals surface area contributed by atoms with E-state index < -0.39 is 16.0 Å². The molecular weight excluding hydrogens is 232 g/mol. The molecule has 7 heteroatoms. The van der Waals surface area contributed by atoms with E-state index >= 15 is 0 Å². The molecule has 0 aliphatic carbocycles. The Morgan fingerprint density at radius 3 is 2.56 bits per heavy atom. The maximum atomic E-state index is 11.6. The average molecular weight is 244 g/mol. The first kappa shape index (κ1) is 12.5. The molecule has 16 heavy (non-hydrogen) atoms. The van der Waals surface area contributed by atoms with E-state index in [4.69, 9.17) is 5.73 Å². The molecule has 0 aromatic heterocycles. The summed E-state index contributed by atoms with van der Waals surface area (Å²) in [6.45, 7) is 0. The Kier molecular flexibility index (Phi) is 3.51. The third-order valence-electron chi connectivity index (χ3n) is 1.97. The zero-order valence-corrected chi connectivity index (χ0v) is 9.67. The lowest BCUT2D eigenvalue weighted by molar-refractivity contribution is 0.0596. The molecule has 0 fully saturated rings. The van der Waals surface area contributed by atoms with E-state index in [1.54, 1.807) is 0 Å². The second-order valence-corrected chi connectivity index (χ2v) is 4.81. The maximum Gasteiger partial charge on any atom is 0.339 e. The van der Waals surface area contributed by atoms with Gasteiger partial charge in [-0.05, 0) is 25.2 Å². The van der Waals surface area contributed by atoms with Crippen LogP contribution in [-0.4, -0.2) is 28.5 Å². The van der Waals surface area contributed by atoms with Crippen LogP contribution in [0.25, 0.3) is 0 Å². The SMILES string of the molecule is CNS(=O)(=O)c1ccc(N)cc1C(=O)OC. The summed E-state index contributed by atoms with van der Waals surface area (Å²) < 4.78 is 29.8. The normalized spacial score (nSPS) is 11.1. The molecule has 0 bridgehead atoms. The van der Waals surface area contributed by atoms with Crippen LogP contribution in [0.1, 0.15) is 10.4 Å². The molecule has 0 unspecified atom stereocenters. The number of benzene rings is 1. The predicted molar refractivity (Wildman–Crippen MR) is 58.4 cm³/mol. The fourth-order valence-corrected chi connectivity index (χ4v) is 2.06. The molecule has 88 valence electrons. The fourth-order valence-electron chi connectivity index (χ4n) is 1.16. The number of nitrogen functional groups attached to an aromatic ring is 1. The standard InChI is InChI=1S/C9H12N2O4S/c1-11-16(13,14)8-4-3-6(10)5-7(8)9(12)15-2/h3-5,11H,10H2,1-2H3. The minimum atomic E-state index is -3.71. The Labute approximate surface area is 93.5 Å². The number of nitrogens with two attached hydrogens (primary N) is 1. The van der Waals surface area contributed by atoms with Crippen LogP contribution in [0.3, 0.4) is 0 Å². The molecule has 0 amide bonds. The van der Waals surface area contributed by atoms with Crippen molar-refractivity contribution in [3.05, 3.63) is 23.8 Å². The Bertz CT molecular complexity index is 510. The molecule has 0 aliphatic rings. The van der Waals surface area contributed by atoms with Crippen LogP contribution in [0.2, 0.25) is 0 Å². The van der Waals surface area contributed by atoms with E-state index in [1.165, 1.54) is 32.4 Å². The van der Waals surface area contributed by atoms with Crippen LogP contribution >= 0.6 is 0 Å². The lowest BCUT2D eigenvalue weighted by Gasteiger charge is -2.08. The molecule has 3 N–H and O–H groups in total. The summed E-state index contributed by atoms with van der Waals surface area (Å²) in [7, 11) is -1.28. The van der Waals surface area contributed by atoms with E-state index in [2.05, 4.69) is 9.46 Å². The molecule has 0 heterocycles.